The van der Waals surface area contributed by atoms with E-state index in [2.05, 4.69) is 13.8 Å². The van der Waals surface area contributed by atoms with Crippen molar-refractivity contribution in [3.05, 3.63) is 29.6 Å². The molecule has 1 fully saturated rings. The molecule has 32 heavy (non-hydrogen) atoms. The van der Waals surface area contributed by atoms with Crippen LogP contribution in [0.15, 0.2) is 18.2 Å². The van der Waals surface area contributed by atoms with Gasteiger partial charge in [-0.3, -0.25) is 4.79 Å². The van der Waals surface area contributed by atoms with E-state index in [9.17, 15) is 9.18 Å². The molecule has 2 rings (SSSR count). The number of hydrogen-bond donors (Lipinski definition) is 2. The Morgan fingerprint density at radius 2 is 2.03 bits per heavy atom. The number of benzene rings is 1. The standard InChI is InChI=1S/C25H39FN2O4/c1-15(2)19(11-18-7-8-21(26)23(12-18)31-10-6-9-30-5)13-22(27)24-14-20(25(28)29)16(3)17(4)32-24/h7-8,12,15-17,19-20,24,27H,6,9-11,13-14H2,1-5H3,(H2,28,29)/t16?,17?,19-,20-,24-/m0/s1. The van der Waals surface area contributed by atoms with Gasteiger partial charge in [0.15, 0.2) is 11.6 Å². The van der Waals surface area contributed by atoms with Crippen molar-refractivity contribution in [2.24, 2.45) is 29.4 Å². The van der Waals surface area contributed by atoms with Gasteiger partial charge in [-0.1, -0.05) is 26.8 Å². The lowest BCUT2D eigenvalue weighted by Gasteiger charge is -2.38. The van der Waals surface area contributed by atoms with Crippen LogP contribution in [0.2, 0.25) is 0 Å². The highest BCUT2D eigenvalue weighted by Crippen LogP contribution is 2.33. The first-order chi connectivity index (χ1) is 15.1. The summed E-state index contributed by atoms with van der Waals surface area (Å²) in [7, 11) is 1.62. The Kier molecular flexibility index (Phi) is 10.1. The van der Waals surface area contributed by atoms with Crippen molar-refractivity contribution in [1.29, 1.82) is 5.41 Å². The quantitative estimate of drug-likeness (QED) is 0.365. The minimum atomic E-state index is -0.396. The second-order valence-corrected chi connectivity index (χ2v) is 9.33. The first-order valence-corrected chi connectivity index (χ1v) is 11.6. The number of rotatable bonds is 12. The van der Waals surface area contributed by atoms with Crippen LogP contribution in [0.5, 0.6) is 5.75 Å². The molecule has 0 bridgehead atoms. The second-order valence-electron chi connectivity index (χ2n) is 9.33. The molecule has 1 amide bonds. The molecule has 0 spiro atoms. The Hall–Kier alpha value is -1.99. The Balaban J connectivity index is 2.04. The van der Waals surface area contributed by atoms with Gasteiger partial charge in [-0.05, 0) is 61.6 Å². The zero-order chi connectivity index (χ0) is 23.8. The van der Waals surface area contributed by atoms with E-state index in [0.717, 1.165) is 5.56 Å². The number of halogens is 1. The van der Waals surface area contributed by atoms with Gasteiger partial charge in [0.1, 0.15) is 0 Å². The Morgan fingerprint density at radius 1 is 1.31 bits per heavy atom. The van der Waals surface area contributed by atoms with Crippen molar-refractivity contribution in [2.75, 3.05) is 20.3 Å². The largest absolute Gasteiger partial charge is 0.490 e. The van der Waals surface area contributed by atoms with Gasteiger partial charge < -0.3 is 25.4 Å². The lowest BCUT2D eigenvalue weighted by molar-refractivity contribution is -0.133. The molecule has 1 saturated heterocycles. The molecular weight excluding hydrogens is 411 g/mol. The summed E-state index contributed by atoms with van der Waals surface area (Å²) < 4.78 is 30.8. The average molecular weight is 451 g/mol. The number of nitrogens with two attached hydrogens (primary N) is 1. The zero-order valence-electron chi connectivity index (χ0n) is 20.0. The molecule has 0 saturated carbocycles. The maximum Gasteiger partial charge on any atom is 0.221 e. The molecule has 3 N–H and O–H groups in total. The molecule has 7 heteroatoms. The smallest absolute Gasteiger partial charge is 0.221 e. The summed E-state index contributed by atoms with van der Waals surface area (Å²) in [5.74, 6) is -0.196. The fourth-order valence-electron chi connectivity index (χ4n) is 4.24. The van der Waals surface area contributed by atoms with E-state index in [1.54, 1.807) is 19.2 Å². The number of hydrogen-bond acceptors (Lipinski definition) is 5. The van der Waals surface area contributed by atoms with E-state index in [0.29, 0.717) is 50.5 Å². The highest BCUT2D eigenvalue weighted by molar-refractivity contribution is 5.87. The predicted octanol–water partition coefficient (Wildman–Crippen LogP) is 4.38. The Morgan fingerprint density at radius 3 is 2.66 bits per heavy atom. The minimum Gasteiger partial charge on any atom is -0.490 e. The van der Waals surface area contributed by atoms with Crippen LogP contribution in [0.4, 0.5) is 4.39 Å². The van der Waals surface area contributed by atoms with Crippen LogP contribution in [-0.4, -0.2) is 44.2 Å². The lowest BCUT2D eigenvalue weighted by atomic mass is 9.78. The van der Waals surface area contributed by atoms with Crippen molar-refractivity contribution >= 4 is 11.6 Å². The molecule has 1 aromatic rings. The van der Waals surface area contributed by atoms with Crippen molar-refractivity contribution in [2.45, 2.75) is 65.6 Å². The highest BCUT2D eigenvalue weighted by Gasteiger charge is 2.38. The summed E-state index contributed by atoms with van der Waals surface area (Å²) >= 11 is 0. The van der Waals surface area contributed by atoms with Crippen LogP contribution in [0.25, 0.3) is 0 Å². The SMILES string of the molecule is COCCCOc1cc(C[C@@H](CC(=N)[C@@H]2C[C@H](C(N)=O)C(C)C(C)O2)C(C)C)ccc1F. The molecule has 1 heterocycles. The molecule has 2 unspecified atom stereocenters. The van der Waals surface area contributed by atoms with Crippen molar-refractivity contribution in [3.63, 3.8) is 0 Å². The van der Waals surface area contributed by atoms with Crippen molar-refractivity contribution < 1.29 is 23.4 Å². The van der Waals surface area contributed by atoms with Gasteiger partial charge in [0, 0.05) is 31.8 Å². The number of carbonyl (C=O) groups excluding carboxylic acids is 1. The van der Waals surface area contributed by atoms with Crippen LogP contribution in [-0.2, 0) is 20.7 Å². The van der Waals surface area contributed by atoms with E-state index < -0.39 is 6.10 Å². The summed E-state index contributed by atoms with van der Waals surface area (Å²) in [6.45, 7) is 9.12. The fraction of sp³-hybridized carbons (Fsp3) is 0.680. The molecule has 1 aliphatic rings. The topological polar surface area (TPSA) is 94.6 Å². The number of methoxy groups -OCH3 is 1. The van der Waals surface area contributed by atoms with E-state index in [1.807, 2.05) is 13.8 Å². The summed E-state index contributed by atoms with van der Waals surface area (Å²) in [5.41, 5.74) is 7.06. The molecule has 6 nitrogen and oxygen atoms in total. The van der Waals surface area contributed by atoms with Crippen molar-refractivity contribution in [1.82, 2.24) is 0 Å². The lowest BCUT2D eigenvalue weighted by Crippen LogP contribution is -2.46. The van der Waals surface area contributed by atoms with Gasteiger partial charge in [-0.2, -0.15) is 0 Å². The third-order valence-corrected chi connectivity index (χ3v) is 6.64. The second kappa shape index (κ2) is 12.3. The summed E-state index contributed by atoms with van der Waals surface area (Å²) in [4.78, 5) is 11.9. The van der Waals surface area contributed by atoms with Gasteiger partial charge in [-0.15, -0.1) is 0 Å². The fourth-order valence-corrected chi connectivity index (χ4v) is 4.24. The maximum atomic E-state index is 14.2. The number of nitrogens with one attached hydrogen (secondary N) is 1. The third-order valence-electron chi connectivity index (χ3n) is 6.64. The number of ether oxygens (including phenoxy) is 3. The average Bonchev–Trinajstić information content (AvgIpc) is 2.74. The molecule has 0 aromatic heterocycles. The van der Waals surface area contributed by atoms with E-state index >= 15 is 0 Å². The van der Waals surface area contributed by atoms with Crippen LogP contribution >= 0.6 is 0 Å². The molecule has 0 radical (unpaired) electrons. The number of primary amides is 1. The van der Waals surface area contributed by atoms with Crippen LogP contribution in [0.1, 0.15) is 52.5 Å². The number of amides is 1. The molecule has 5 atom stereocenters. The minimum absolute atomic E-state index is 0.0407. The predicted molar refractivity (Wildman–Crippen MR) is 124 cm³/mol. The zero-order valence-corrected chi connectivity index (χ0v) is 20.0. The van der Waals surface area contributed by atoms with Gasteiger partial charge in [0.05, 0.1) is 18.8 Å². The van der Waals surface area contributed by atoms with E-state index in [1.165, 1.54) is 6.07 Å². The normalized spacial score (nSPS) is 24.3. The Bertz CT molecular complexity index is 770. The van der Waals surface area contributed by atoms with Crippen molar-refractivity contribution in [3.8, 4) is 5.75 Å². The van der Waals surface area contributed by atoms with Crippen LogP contribution in [0.3, 0.4) is 0 Å². The highest BCUT2D eigenvalue weighted by atomic mass is 19.1. The van der Waals surface area contributed by atoms with Gasteiger partial charge in [0.2, 0.25) is 5.91 Å². The van der Waals surface area contributed by atoms with E-state index in [-0.39, 0.29) is 41.3 Å². The maximum absolute atomic E-state index is 14.2. The molecule has 180 valence electrons. The van der Waals surface area contributed by atoms with Gasteiger partial charge >= 0.3 is 0 Å². The molecule has 0 aliphatic carbocycles. The first-order valence-electron chi connectivity index (χ1n) is 11.6. The molecule has 1 aliphatic heterocycles. The Labute approximate surface area is 191 Å². The third kappa shape index (κ3) is 7.27. The molecule has 1 aromatic carbocycles. The van der Waals surface area contributed by atoms with Crippen LogP contribution in [0, 0.1) is 34.9 Å². The first kappa shape index (κ1) is 26.3. The van der Waals surface area contributed by atoms with Gasteiger partial charge in [0.25, 0.3) is 0 Å². The summed E-state index contributed by atoms with van der Waals surface area (Å²) in [5, 5.41) is 8.69. The van der Waals surface area contributed by atoms with Crippen LogP contribution < -0.4 is 10.5 Å². The van der Waals surface area contributed by atoms with E-state index in [4.69, 9.17) is 25.4 Å². The monoisotopic (exact) mass is 450 g/mol. The van der Waals surface area contributed by atoms with Gasteiger partial charge in [-0.25, -0.2) is 4.39 Å². The summed E-state index contributed by atoms with van der Waals surface area (Å²) in [6, 6.07) is 4.97. The number of carbonyl (C=O) groups is 1. The molecular formula is C25H39FN2O4. The summed E-state index contributed by atoms with van der Waals surface area (Å²) in [6.07, 6.45) is 1.88.